The Balaban J connectivity index is 1.62. The fourth-order valence-electron chi connectivity index (χ4n) is 2.31. The SMILES string of the molecule is Cc1nnc2sc(CCC(=O)N3CCOCC3C)nn12. The summed E-state index contributed by atoms with van der Waals surface area (Å²) in [5.41, 5.74) is 0. The Hall–Kier alpha value is -1.54. The average molecular weight is 295 g/mol. The van der Waals surface area contributed by atoms with Gasteiger partial charge in [-0.3, -0.25) is 4.79 Å². The Kier molecular flexibility index (Phi) is 3.66. The summed E-state index contributed by atoms with van der Waals surface area (Å²) in [6.45, 7) is 5.82. The van der Waals surface area contributed by atoms with Crippen LogP contribution in [-0.2, 0) is 16.0 Å². The second-order valence-corrected chi connectivity index (χ2v) is 5.99. The van der Waals surface area contributed by atoms with Crippen LogP contribution in [0.15, 0.2) is 0 Å². The molecule has 1 aliphatic heterocycles. The summed E-state index contributed by atoms with van der Waals surface area (Å²) in [7, 11) is 0. The van der Waals surface area contributed by atoms with Crippen molar-refractivity contribution in [3.63, 3.8) is 0 Å². The van der Waals surface area contributed by atoms with E-state index in [4.69, 9.17) is 4.74 Å². The lowest BCUT2D eigenvalue weighted by Gasteiger charge is -2.33. The van der Waals surface area contributed by atoms with E-state index in [1.165, 1.54) is 11.3 Å². The van der Waals surface area contributed by atoms with E-state index in [1.807, 2.05) is 18.7 Å². The van der Waals surface area contributed by atoms with Gasteiger partial charge >= 0.3 is 0 Å². The third kappa shape index (κ3) is 2.53. The Morgan fingerprint density at radius 1 is 1.50 bits per heavy atom. The molecule has 0 spiro atoms. The maximum absolute atomic E-state index is 12.2. The summed E-state index contributed by atoms with van der Waals surface area (Å²) < 4.78 is 7.07. The number of hydrogen-bond acceptors (Lipinski definition) is 6. The number of amides is 1. The average Bonchev–Trinajstić information content (AvgIpc) is 2.99. The molecule has 0 aromatic carbocycles. The summed E-state index contributed by atoms with van der Waals surface area (Å²) in [5.74, 6) is 0.944. The summed E-state index contributed by atoms with van der Waals surface area (Å²) in [6, 6.07) is 0.163. The molecular weight excluding hydrogens is 278 g/mol. The second-order valence-electron chi connectivity index (χ2n) is 4.95. The topological polar surface area (TPSA) is 72.6 Å². The van der Waals surface area contributed by atoms with E-state index < -0.39 is 0 Å². The number of rotatable bonds is 3. The highest BCUT2D eigenvalue weighted by atomic mass is 32.1. The van der Waals surface area contributed by atoms with Crippen molar-refractivity contribution in [3.8, 4) is 0 Å². The number of carbonyl (C=O) groups is 1. The molecule has 3 rings (SSSR count). The van der Waals surface area contributed by atoms with Gasteiger partial charge in [-0.05, 0) is 13.8 Å². The zero-order valence-corrected chi connectivity index (χ0v) is 12.4. The highest BCUT2D eigenvalue weighted by Gasteiger charge is 2.23. The molecule has 3 heterocycles. The van der Waals surface area contributed by atoms with E-state index in [0.717, 1.165) is 15.8 Å². The largest absolute Gasteiger partial charge is 0.377 e. The second kappa shape index (κ2) is 5.45. The van der Waals surface area contributed by atoms with Crippen molar-refractivity contribution < 1.29 is 9.53 Å². The van der Waals surface area contributed by atoms with Gasteiger partial charge in [-0.15, -0.1) is 10.2 Å². The lowest BCUT2D eigenvalue weighted by Crippen LogP contribution is -2.47. The Morgan fingerprint density at radius 2 is 2.35 bits per heavy atom. The van der Waals surface area contributed by atoms with Crippen molar-refractivity contribution in [1.29, 1.82) is 0 Å². The number of hydrogen-bond donors (Lipinski definition) is 0. The van der Waals surface area contributed by atoms with Crippen LogP contribution in [0.5, 0.6) is 0 Å². The van der Waals surface area contributed by atoms with Gasteiger partial charge < -0.3 is 9.64 Å². The van der Waals surface area contributed by atoms with Gasteiger partial charge in [-0.25, -0.2) is 0 Å². The minimum atomic E-state index is 0.163. The molecule has 0 bridgehead atoms. The highest BCUT2D eigenvalue weighted by molar-refractivity contribution is 7.16. The summed E-state index contributed by atoms with van der Waals surface area (Å²) in [5, 5.41) is 13.3. The monoisotopic (exact) mass is 295 g/mol. The fourth-order valence-corrected chi connectivity index (χ4v) is 3.19. The molecule has 2 aromatic rings. The number of aromatic nitrogens is 4. The molecule has 0 N–H and O–H groups in total. The lowest BCUT2D eigenvalue weighted by atomic mass is 10.2. The van der Waals surface area contributed by atoms with Crippen LogP contribution in [0, 0.1) is 6.92 Å². The van der Waals surface area contributed by atoms with E-state index >= 15 is 0 Å². The number of ether oxygens (including phenoxy) is 1. The van der Waals surface area contributed by atoms with Gasteiger partial charge in [0.2, 0.25) is 10.9 Å². The molecule has 0 aliphatic carbocycles. The molecule has 0 radical (unpaired) electrons. The van der Waals surface area contributed by atoms with E-state index in [-0.39, 0.29) is 11.9 Å². The molecule has 20 heavy (non-hydrogen) atoms. The van der Waals surface area contributed by atoms with Crippen LogP contribution >= 0.6 is 11.3 Å². The van der Waals surface area contributed by atoms with Crippen LogP contribution in [0.2, 0.25) is 0 Å². The molecule has 1 saturated heterocycles. The van der Waals surface area contributed by atoms with Crippen molar-refractivity contribution in [2.45, 2.75) is 32.7 Å². The first kappa shape index (κ1) is 13.4. The van der Waals surface area contributed by atoms with E-state index in [9.17, 15) is 4.79 Å². The quantitative estimate of drug-likeness (QED) is 0.832. The number of aryl methyl sites for hydroxylation is 2. The third-order valence-corrected chi connectivity index (χ3v) is 4.39. The first-order valence-electron chi connectivity index (χ1n) is 6.70. The summed E-state index contributed by atoms with van der Waals surface area (Å²) >= 11 is 1.49. The number of fused-ring (bicyclic) bond motifs is 1. The first-order valence-corrected chi connectivity index (χ1v) is 7.51. The normalized spacial score (nSPS) is 19.7. The zero-order chi connectivity index (χ0) is 14.1. The zero-order valence-electron chi connectivity index (χ0n) is 11.6. The predicted octanol–water partition coefficient (Wildman–Crippen LogP) is 0.674. The van der Waals surface area contributed by atoms with Crippen molar-refractivity contribution in [3.05, 3.63) is 10.8 Å². The number of carbonyl (C=O) groups excluding carboxylic acids is 1. The predicted molar refractivity (Wildman–Crippen MR) is 73.7 cm³/mol. The molecule has 1 unspecified atom stereocenters. The van der Waals surface area contributed by atoms with Gasteiger partial charge in [0.1, 0.15) is 5.01 Å². The van der Waals surface area contributed by atoms with Gasteiger partial charge in [0.05, 0.1) is 19.3 Å². The molecule has 8 heteroatoms. The van der Waals surface area contributed by atoms with E-state index in [0.29, 0.717) is 32.6 Å². The Bertz CT molecular complexity index is 622. The maximum Gasteiger partial charge on any atom is 0.234 e. The first-order chi connectivity index (χ1) is 9.65. The number of morpholine rings is 1. The highest BCUT2D eigenvalue weighted by Crippen LogP contribution is 2.16. The molecule has 2 aromatic heterocycles. The van der Waals surface area contributed by atoms with Crippen LogP contribution in [-0.4, -0.2) is 56.4 Å². The molecule has 0 saturated carbocycles. The lowest BCUT2D eigenvalue weighted by molar-refractivity contribution is -0.139. The molecule has 1 amide bonds. The third-order valence-electron chi connectivity index (χ3n) is 3.43. The van der Waals surface area contributed by atoms with Gasteiger partial charge in [0, 0.05) is 19.4 Å². The maximum atomic E-state index is 12.2. The smallest absolute Gasteiger partial charge is 0.234 e. The van der Waals surface area contributed by atoms with Crippen molar-refractivity contribution in [2.24, 2.45) is 0 Å². The molecule has 1 aliphatic rings. The Morgan fingerprint density at radius 3 is 3.10 bits per heavy atom. The van der Waals surface area contributed by atoms with Gasteiger partial charge in [-0.2, -0.15) is 9.61 Å². The Labute approximate surface area is 120 Å². The van der Waals surface area contributed by atoms with Crippen LogP contribution in [0.4, 0.5) is 0 Å². The van der Waals surface area contributed by atoms with Crippen LogP contribution in [0.3, 0.4) is 0 Å². The minimum absolute atomic E-state index is 0.163. The van der Waals surface area contributed by atoms with Gasteiger partial charge in [0.15, 0.2) is 5.82 Å². The van der Waals surface area contributed by atoms with E-state index in [2.05, 4.69) is 15.3 Å². The van der Waals surface area contributed by atoms with Crippen LogP contribution in [0.1, 0.15) is 24.2 Å². The van der Waals surface area contributed by atoms with Crippen LogP contribution in [0.25, 0.3) is 4.96 Å². The van der Waals surface area contributed by atoms with Gasteiger partial charge in [0.25, 0.3) is 0 Å². The summed E-state index contributed by atoms with van der Waals surface area (Å²) in [6.07, 6.45) is 1.13. The van der Waals surface area contributed by atoms with Crippen LogP contribution < -0.4 is 0 Å². The minimum Gasteiger partial charge on any atom is -0.377 e. The van der Waals surface area contributed by atoms with Gasteiger partial charge in [-0.1, -0.05) is 11.3 Å². The number of nitrogens with zero attached hydrogens (tertiary/aromatic N) is 5. The van der Waals surface area contributed by atoms with Crippen molar-refractivity contribution in [2.75, 3.05) is 19.8 Å². The molecule has 1 atom stereocenters. The standard InChI is InChI=1S/C12H17N5O2S/c1-8-7-19-6-5-16(8)11(18)4-3-10-15-17-9(2)13-14-12(17)20-10/h8H,3-7H2,1-2H3. The fraction of sp³-hybridized carbons (Fsp3) is 0.667. The molecule has 108 valence electrons. The molecular formula is C12H17N5O2S. The van der Waals surface area contributed by atoms with Crippen molar-refractivity contribution >= 4 is 22.2 Å². The molecule has 1 fully saturated rings. The van der Waals surface area contributed by atoms with E-state index in [1.54, 1.807) is 4.52 Å². The van der Waals surface area contributed by atoms with Crippen molar-refractivity contribution in [1.82, 2.24) is 24.7 Å². The summed E-state index contributed by atoms with van der Waals surface area (Å²) in [4.78, 5) is 14.9. The molecule has 7 nitrogen and oxygen atoms in total.